The topological polar surface area (TPSA) is 25.8 Å². The first-order valence-corrected chi connectivity index (χ1v) is 10.2. The van der Waals surface area contributed by atoms with Crippen molar-refractivity contribution in [2.75, 3.05) is 0 Å². The van der Waals surface area contributed by atoms with E-state index < -0.39 is 0 Å². The smallest absolute Gasteiger partial charge is 0.0810 e. The molecule has 0 fully saturated rings. The van der Waals surface area contributed by atoms with Crippen molar-refractivity contribution in [2.24, 2.45) is 0 Å². The molecule has 2 nitrogen and oxygen atoms in total. The monoisotopic (exact) mass is 380 g/mol. The highest BCUT2D eigenvalue weighted by Gasteiger charge is 2.17. The summed E-state index contributed by atoms with van der Waals surface area (Å²) in [5, 5.41) is 10.9. The molecule has 0 spiro atoms. The molecular weight excluding hydrogens is 364 g/mol. The minimum Gasteiger partial charge on any atom is -0.256 e. The van der Waals surface area contributed by atoms with E-state index in [0.717, 1.165) is 27.3 Å². The highest BCUT2D eigenvalue weighted by molar-refractivity contribution is 6.38. The third-order valence-corrected chi connectivity index (χ3v) is 6.23. The predicted molar refractivity (Wildman–Crippen MR) is 127 cm³/mol. The van der Waals surface area contributed by atoms with Gasteiger partial charge in [-0.05, 0) is 45.8 Å². The van der Waals surface area contributed by atoms with Gasteiger partial charge in [0.2, 0.25) is 0 Å². The zero-order valence-corrected chi connectivity index (χ0v) is 16.1. The van der Waals surface area contributed by atoms with E-state index in [4.69, 9.17) is 9.97 Å². The lowest BCUT2D eigenvalue weighted by Gasteiger charge is -2.15. The summed E-state index contributed by atoms with van der Waals surface area (Å²) in [6.07, 6.45) is 1.89. The molecular formula is C28H16N2. The Hall–Kier alpha value is -4.04. The number of hydrogen-bond donors (Lipinski definition) is 0. The lowest BCUT2D eigenvalue weighted by Crippen LogP contribution is -1.92. The summed E-state index contributed by atoms with van der Waals surface area (Å²) in [6, 6.07) is 32.2. The molecule has 0 saturated heterocycles. The first-order chi connectivity index (χ1) is 14.9. The van der Waals surface area contributed by atoms with Gasteiger partial charge in [-0.15, -0.1) is 0 Å². The molecule has 0 N–H and O–H groups in total. The van der Waals surface area contributed by atoms with Crippen LogP contribution in [0.5, 0.6) is 0 Å². The number of nitrogens with zero attached hydrogens (tertiary/aromatic N) is 2. The fourth-order valence-corrected chi connectivity index (χ4v) is 4.97. The molecule has 0 radical (unpaired) electrons. The molecule has 0 bridgehead atoms. The Morgan fingerprint density at radius 2 is 1.10 bits per heavy atom. The van der Waals surface area contributed by atoms with Crippen LogP contribution in [0.15, 0.2) is 97.2 Å². The minimum atomic E-state index is 1.01. The van der Waals surface area contributed by atoms with Gasteiger partial charge in [0.15, 0.2) is 0 Å². The van der Waals surface area contributed by atoms with Crippen molar-refractivity contribution in [1.82, 2.24) is 9.97 Å². The highest BCUT2D eigenvalue weighted by atomic mass is 14.7. The molecule has 5 aromatic carbocycles. The second-order valence-corrected chi connectivity index (χ2v) is 7.82. The molecule has 2 heterocycles. The van der Waals surface area contributed by atoms with Crippen LogP contribution in [0.3, 0.4) is 0 Å². The van der Waals surface area contributed by atoms with Crippen molar-refractivity contribution in [2.45, 2.75) is 0 Å². The van der Waals surface area contributed by atoms with Crippen LogP contribution in [-0.4, -0.2) is 9.97 Å². The Bertz CT molecular complexity index is 1790. The van der Waals surface area contributed by atoms with Crippen molar-refractivity contribution in [3.63, 3.8) is 0 Å². The molecule has 0 unspecified atom stereocenters. The Kier molecular flexibility index (Phi) is 3.03. The van der Waals surface area contributed by atoms with Gasteiger partial charge >= 0.3 is 0 Å². The number of hydrogen-bond acceptors (Lipinski definition) is 2. The van der Waals surface area contributed by atoms with Crippen LogP contribution in [0.1, 0.15) is 0 Å². The van der Waals surface area contributed by atoms with Crippen molar-refractivity contribution >= 4 is 65.0 Å². The summed E-state index contributed by atoms with van der Waals surface area (Å²) in [7, 11) is 0. The molecule has 7 rings (SSSR count). The molecule has 0 aliphatic carbocycles. The molecule has 0 amide bonds. The van der Waals surface area contributed by atoms with Gasteiger partial charge in [0.25, 0.3) is 0 Å². The molecule has 0 atom stereocenters. The standard InChI is InChI=1S/C28H16N2/c1-6-14-24-17(8-1)16-23-25-20-11-4-2-9-18(20)19-10-3-5-12-21(19)26(25)28-22(27(23)30-24)13-7-15-29-28/h1-16H. The minimum absolute atomic E-state index is 1.01. The van der Waals surface area contributed by atoms with E-state index in [2.05, 4.69) is 78.9 Å². The quantitative estimate of drug-likeness (QED) is 0.202. The van der Waals surface area contributed by atoms with Crippen LogP contribution >= 0.6 is 0 Å². The number of fused-ring (bicyclic) bond motifs is 12. The third-order valence-electron chi connectivity index (χ3n) is 6.23. The van der Waals surface area contributed by atoms with Crippen LogP contribution in [0.4, 0.5) is 0 Å². The van der Waals surface area contributed by atoms with Gasteiger partial charge in [-0.1, -0.05) is 66.7 Å². The van der Waals surface area contributed by atoms with E-state index in [1.807, 2.05) is 18.3 Å². The summed E-state index contributed by atoms with van der Waals surface area (Å²) < 4.78 is 0. The highest BCUT2D eigenvalue weighted by Crippen LogP contribution is 2.43. The zero-order chi connectivity index (χ0) is 19.7. The van der Waals surface area contributed by atoms with Crippen LogP contribution in [-0.2, 0) is 0 Å². The van der Waals surface area contributed by atoms with Gasteiger partial charge < -0.3 is 0 Å². The fourth-order valence-electron chi connectivity index (χ4n) is 4.97. The molecule has 138 valence electrons. The second-order valence-electron chi connectivity index (χ2n) is 7.82. The molecule has 30 heavy (non-hydrogen) atoms. The average Bonchev–Trinajstić information content (AvgIpc) is 2.82. The van der Waals surface area contributed by atoms with Crippen molar-refractivity contribution in [3.8, 4) is 0 Å². The average molecular weight is 380 g/mol. The summed E-state index contributed by atoms with van der Waals surface area (Å²) in [4.78, 5) is 9.96. The van der Waals surface area contributed by atoms with E-state index in [0.29, 0.717) is 0 Å². The normalized spacial score (nSPS) is 12.0. The van der Waals surface area contributed by atoms with Gasteiger partial charge in [-0.2, -0.15) is 0 Å². The maximum absolute atomic E-state index is 5.10. The third kappa shape index (κ3) is 1.98. The van der Waals surface area contributed by atoms with Gasteiger partial charge in [-0.3, -0.25) is 4.98 Å². The van der Waals surface area contributed by atoms with E-state index in [-0.39, 0.29) is 0 Å². The van der Waals surface area contributed by atoms with E-state index in [9.17, 15) is 0 Å². The first-order valence-electron chi connectivity index (χ1n) is 10.2. The van der Waals surface area contributed by atoms with Crippen LogP contribution in [0.25, 0.3) is 65.0 Å². The SMILES string of the molecule is c1ccc2nc3c4cccnc4c4c5ccccc5c5ccccc5c4c3cc2c1. The summed E-state index contributed by atoms with van der Waals surface area (Å²) in [5.74, 6) is 0. The molecule has 2 heteroatoms. The van der Waals surface area contributed by atoms with Crippen molar-refractivity contribution in [3.05, 3.63) is 97.2 Å². The zero-order valence-electron chi connectivity index (χ0n) is 16.1. The number of benzene rings is 5. The van der Waals surface area contributed by atoms with E-state index >= 15 is 0 Å². The summed E-state index contributed by atoms with van der Waals surface area (Å²) in [5.41, 5.74) is 3.05. The Morgan fingerprint density at radius 1 is 0.467 bits per heavy atom. The first kappa shape index (κ1) is 15.8. The van der Waals surface area contributed by atoms with E-state index in [1.165, 1.54) is 37.7 Å². The lowest BCUT2D eigenvalue weighted by atomic mass is 9.90. The number of para-hydroxylation sites is 1. The summed E-state index contributed by atoms with van der Waals surface area (Å²) in [6.45, 7) is 0. The van der Waals surface area contributed by atoms with Crippen molar-refractivity contribution in [1.29, 1.82) is 0 Å². The molecule has 2 aromatic heterocycles. The largest absolute Gasteiger partial charge is 0.256 e. The van der Waals surface area contributed by atoms with Gasteiger partial charge in [0.1, 0.15) is 0 Å². The maximum Gasteiger partial charge on any atom is 0.0810 e. The van der Waals surface area contributed by atoms with Gasteiger partial charge in [-0.25, -0.2) is 4.98 Å². The molecule has 0 aliphatic heterocycles. The van der Waals surface area contributed by atoms with Crippen molar-refractivity contribution < 1.29 is 0 Å². The number of aromatic nitrogens is 2. The van der Waals surface area contributed by atoms with Gasteiger partial charge in [0.05, 0.1) is 16.6 Å². The summed E-state index contributed by atoms with van der Waals surface area (Å²) >= 11 is 0. The second kappa shape index (κ2) is 5.74. The Labute approximate surface area is 172 Å². The molecule has 0 saturated carbocycles. The predicted octanol–water partition coefficient (Wildman–Crippen LogP) is 7.40. The van der Waals surface area contributed by atoms with Crippen LogP contribution in [0, 0.1) is 0 Å². The number of pyridine rings is 2. The Balaban J connectivity index is 1.94. The number of rotatable bonds is 0. The van der Waals surface area contributed by atoms with Crippen LogP contribution < -0.4 is 0 Å². The fraction of sp³-hybridized carbons (Fsp3) is 0. The Morgan fingerprint density at radius 3 is 1.90 bits per heavy atom. The molecule has 0 aliphatic rings. The lowest BCUT2D eigenvalue weighted by molar-refractivity contribution is 1.43. The van der Waals surface area contributed by atoms with Crippen LogP contribution in [0.2, 0.25) is 0 Å². The molecule has 7 aromatic rings. The maximum atomic E-state index is 5.10. The van der Waals surface area contributed by atoms with E-state index in [1.54, 1.807) is 0 Å². The van der Waals surface area contributed by atoms with Gasteiger partial charge in [0, 0.05) is 33.1 Å².